The average molecular weight is 402 g/mol. The van der Waals surface area contributed by atoms with Crippen molar-refractivity contribution in [3.05, 3.63) is 29.8 Å². The molecule has 0 aliphatic carbocycles. The molecule has 1 aromatic rings. The van der Waals surface area contributed by atoms with Crippen molar-refractivity contribution in [1.29, 1.82) is 5.41 Å². The zero-order valence-corrected chi connectivity index (χ0v) is 16.4. The molecule has 0 bridgehead atoms. The molecule has 2 aliphatic rings. The summed E-state index contributed by atoms with van der Waals surface area (Å²) in [7, 11) is 0. The second-order valence-electron chi connectivity index (χ2n) is 7.22. The number of nitrogens with zero attached hydrogens (tertiary/aromatic N) is 2. The number of nitrogen functional groups attached to an aromatic ring is 1. The Hall–Kier alpha value is -3.10. The number of benzene rings is 1. The summed E-state index contributed by atoms with van der Waals surface area (Å²) in [6.07, 6.45) is 0.397. The molecule has 9 nitrogen and oxygen atoms in total. The zero-order valence-electron chi connectivity index (χ0n) is 16.4. The first-order valence-corrected chi connectivity index (χ1v) is 9.76. The predicted octanol–water partition coefficient (Wildman–Crippen LogP) is 1.49. The lowest BCUT2D eigenvalue weighted by molar-refractivity contribution is -0.145. The van der Waals surface area contributed by atoms with Crippen LogP contribution < -0.4 is 10.6 Å². The maximum absolute atomic E-state index is 12.8. The highest BCUT2D eigenvalue weighted by Gasteiger charge is 2.40. The van der Waals surface area contributed by atoms with Gasteiger partial charge in [0.25, 0.3) is 5.91 Å². The van der Waals surface area contributed by atoms with Gasteiger partial charge in [0.2, 0.25) is 0 Å². The van der Waals surface area contributed by atoms with E-state index in [0.29, 0.717) is 37.4 Å². The molecular weight excluding hydrogens is 376 g/mol. The van der Waals surface area contributed by atoms with Crippen LogP contribution in [0.25, 0.3) is 0 Å². The van der Waals surface area contributed by atoms with Crippen LogP contribution in [0.2, 0.25) is 0 Å². The predicted molar refractivity (Wildman–Crippen MR) is 106 cm³/mol. The van der Waals surface area contributed by atoms with E-state index in [1.807, 2.05) is 0 Å². The Balaban J connectivity index is 1.54. The molecule has 2 aliphatic heterocycles. The molecule has 29 heavy (non-hydrogen) atoms. The molecule has 2 amide bonds. The number of amidine groups is 1. The van der Waals surface area contributed by atoms with E-state index in [1.54, 1.807) is 36.1 Å². The lowest BCUT2D eigenvalue weighted by Crippen LogP contribution is -2.45. The summed E-state index contributed by atoms with van der Waals surface area (Å²) in [6.45, 7) is 3.36. The maximum Gasteiger partial charge on any atom is 0.415 e. The number of nitrogens with two attached hydrogens (primary N) is 1. The monoisotopic (exact) mass is 402 g/mol. The van der Waals surface area contributed by atoms with Gasteiger partial charge in [-0.1, -0.05) is 0 Å². The van der Waals surface area contributed by atoms with Gasteiger partial charge in [0.05, 0.1) is 13.2 Å². The molecule has 2 fully saturated rings. The Bertz CT molecular complexity index is 787. The largest absolute Gasteiger partial charge is 0.466 e. The number of hydrogen-bond acceptors (Lipinski definition) is 6. The third-order valence-corrected chi connectivity index (χ3v) is 5.26. The van der Waals surface area contributed by atoms with Crippen molar-refractivity contribution < 1.29 is 23.9 Å². The fourth-order valence-electron chi connectivity index (χ4n) is 3.64. The normalized spacial score (nSPS) is 19.8. The topological polar surface area (TPSA) is 126 Å². The molecule has 0 saturated carbocycles. The summed E-state index contributed by atoms with van der Waals surface area (Å²) >= 11 is 0. The fraction of sp³-hybridized carbons (Fsp3) is 0.500. The first kappa shape index (κ1) is 20.6. The maximum atomic E-state index is 12.8. The number of carbonyl (C=O) groups excluding carboxylic acids is 3. The number of anilines is 1. The number of esters is 1. The zero-order chi connectivity index (χ0) is 21.0. The van der Waals surface area contributed by atoms with Crippen LogP contribution in [-0.2, 0) is 19.1 Å². The van der Waals surface area contributed by atoms with Crippen molar-refractivity contribution in [3.8, 4) is 0 Å². The molecule has 2 heterocycles. The van der Waals surface area contributed by atoms with Crippen molar-refractivity contribution in [3.63, 3.8) is 0 Å². The van der Waals surface area contributed by atoms with E-state index in [0.717, 1.165) is 12.8 Å². The Kier molecular flexibility index (Phi) is 6.36. The fourth-order valence-corrected chi connectivity index (χ4v) is 3.64. The van der Waals surface area contributed by atoms with Crippen LogP contribution in [0.5, 0.6) is 0 Å². The van der Waals surface area contributed by atoms with Crippen molar-refractivity contribution >= 4 is 29.5 Å². The van der Waals surface area contributed by atoms with Gasteiger partial charge in [-0.2, -0.15) is 0 Å². The van der Waals surface area contributed by atoms with E-state index in [2.05, 4.69) is 0 Å². The molecule has 2 saturated heterocycles. The van der Waals surface area contributed by atoms with Gasteiger partial charge in [-0.25, -0.2) is 4.79 Å². The van der Waals surface area contributed by atoms with Crippen LogP contribution in [0, 0.1) is 11.3 Å². The highest BCUT2D eigenvalue weighted by atomic mass is 16.6. The van der Waals surface area contributed by atoms with Gasteiger partial charge < -0.3 is 20.1 Å². The third-order valence-electron chi connectivity index (χ3n) is 5.26. The number of hydrogen-bond donors (Lipinski definition) is 2. The summed E-state index contributed by atoms with van der Waals surface area (Å²) in [5, 5.41) is 7.43. The minimum atomic E-state index is -0.850. The van der Waals surface area contributed by atoms with Crippen LogP contribution in [-0.4, -0.2) is 61.1 Å². The number of piperidine rings is 1. The number of amides is 2. The van der Waals surface area contributed by atoms with Crippen LogP contribution in [0.4, 0.5) is 10.5 Å². The van der Waals surface area contributed by atoms with E-state index in [9.17, 15) is 14.4 Å². The van der Waals surface area contributed by atoms with Crippen molar-refractivity contribution in [2.24, 2.45) is 11.7 Å². The molecule has 1 aromatic carbocycles. The van der Waals surface area contributed by atoms with Crippen molar-refractivity contribution in [2.45, 2.75) is 32.3 Å². The van der Waals surface area contributed by atoms with Crippen molar-refractivity contribution in [2.75, 3.05) is 31.1 Å². The summed E-state index contributed by atoms with van der Waals surface area (Å²) < 4.78 is 10.3. The van der Waals surface area contributed by atoms with Gasteiger partial charge in [0.1, 0.15) is 5.84 Å². The smallest absolute Gasteiger partial charge is 0.415 e. The highest BCUT2D eigenvalue weighted by molar-refractivity contribution is 5.97. The van der Waals surface area contributed by atoms with E-state index in [1.165, 1.54) is 4.90 Å². The van der Waals surface area contributed by atoms with Crippen LogP contribution in [0.3, 0.4) is 0 Å². The van der Waals surface area contributed by atoms with Gasteiger partial charge in [-0.05, 0) is 49.9 Å². The number of carbonyl (C=O) groups is 3. The first-order chi connectivity index (χ1) is 13.9. The van der Waals surface area contributed by atoms with Crippen LogP contribution in [0.15, 0.2) is 24.3 Å². The number of cyclic esters (lactones) is 1. The summed E-state index contributed by atoms with van der Waals surface area (Å²) in [5.41, 5.74) is 6.58. The van der Waals surface area contributed by atoms with E-state index in [-0.39, 0.29) is 30.2 Å². The van der Waals surface area contributed by atoms with Gasteiger partial charge in [-0.15, -0.1) is 0 Å². The first-order valence-electron chi connectivity index (χ1n) is 9.76. The molecule has 3 rings (SSSR count). The van der Waals surface area contributed by atoms with E-state index < -0.39 is 12.2 Å². The Labute approximate surface area is 169 Å². The number of nitrogens with one attached hydrogen (secondary N) is 1. The average Bonchev–Trinajstić information content (AvgIpc) is 3.10. The van der Waals surface area contributed by atoms with Crippen molar-refractivity contribution in [1.82, 2.24) is 4.90 Å². The Morgan fingerprint density at radius 2 is 1.90 bits per heavy atom. The summed E-state index contributed by atoms with van der Waals surface area (Å²) in [5.74, 6) is -0.260. The standard InChI is InChI=1S/C20H26N4O5/c1-2-28-17(25)11-13-7-9-23(10-8-13)19(26)16-12-24(20(27)29-16)15-5-3-14(4-6-15)18(21)22/h3-6,13,16H,2,7-12H2,1H3,(H3,21,22). The molecule has 0 spiro atoms. The number of likely N-dealkylation sites (tertiary alicyclic amines) is 1. The second kappa shape index (κ2) is 8.93. The van der Waals surface area contributed by atoms with Crippen LogP contribution >= 0.6 is 0 Å². The Morgan fingerprint density at radius 3 is 2.48 bits per heavy atom. The lowest BCUT2D eigenvalue weighted by Gasteiger charge is -2.32. The third kappa shape index (κ3) is 4.85. The lowest BCUT2D eigenvalue weighted by atomic mass is 9.93. The number of rotatable bonds is 6. The Morgan fingerprint density at radius 1 is 1.24 bits per heavy atom. The minimum Gasteiger partial charge on any atom is -0.466 e. The summed E-state index contributed by atoms with van der Waals surface area (Å²) in [6, 6.07) is 6.64. The molecule has 3 N–H and O–H groups in total. The van der Waals surface area contributed by atoms with Gasteiger partial charge in [0, 0.05) is 30.8 Å². The molecule has 0 aromatic heterocycles. The van der Waals surface area contributed by atoms with Gasteiger partial charge in [0.15, 0.2) is 6.10 Å². The second-order valence-corrected chi connectivity index (χ2v) is 7.22. The molecule has 0 radical (unpaired) electrons. The van der Waals surface area contributed by atoms with E-state index in [4.69, 9.17) is 20.6 Å². The quantitative estimate of drug-likeness (QED) is 0.422. The minimum absolute atomic E-state index is 0.0556. The molecule has 1 unspecified atom stereocenters. The van der Waals surface area contributed by atoms with E-state index >= 15 is 0 Å². The highest BCUT2D eigenvalue weighted by Crippen LogP contribution is 2.26. The molecule has 9 heteroatoms. The summed E-state index contributed by atoms with van der Waals surface area (Å²) in [4.78, 5) is 39.7. The molecule has 156 valence electrons. The van der Waals surface area contributed by atoms with Gasteiger partial charge in [-0.3, -0.25) is 19.9 Å². The SMILES string of the molecule is CCOC(=O)CC1CCN(C(=O)C2CN(c3ccc(C(=N)N)cc3)C(=O)O2)CC1. The molecular formula is C20H26N4O5. The molecule has 1 atom stereocenters. The number of ether oxygens (including phenoxy) is 2. The van der Waals surface area contributed by atoms with Gasteiger partial charge >= 0.3 is 12.1 Å². The van der Waals surface area contributed by atoms with Crippen LogP contribution in [0.1, 0.15) is 31.7 Å².